The molecule has 0 fully saturated rings. The quantitative estimate of drug-likeness (QED) is 0.203. The molecule has 0 saturated heterocycles. The third kappa shape index (κ3) is 3.01. The maximum atomic E-state index is 13.8. The number of carbonyl (C=O) groups is 1. The molecule has 1 N–H and O–H groups in total. The molecule has 2 nitrogen and oxygen atoms in total. The van der Waals surface area contributed by atoms with Crippen LogP contribution in [0.25, 0.3) is 5.76 Å². The standard InChI is InChI=1S/C28H25O2P/c1-19-17-28(22-13-7-4-8-14-22)24-16-10-9-15-23(24)26(30)27(31(28)18-20(19)2)25(29)21-11-5-3-6-12-21/h3-16,29H,17-18H2,1-2H3/b27-25+. The van der Waals surface area contributed by atoms with Crippen LogP contribution in [0.15, 0.2) is 101 Å². The third-order valence-electron chi connectivity index (χ3n) is 6.73. The molecule has 0 radical (unpaired) electrons. The van der Waals surface area contributed by atoms with E-state index in [0.717, 1.165) is 23.7 Å². The zero-order valence-corrected chi connectivity index (χ0v) is 18.7. The molecule has 2 atom stereocenters. The predicted octanol–water partition coefficient (Wildman–Crippen LogP) is 7.28. The summed E-state index contributed by atoms with van der Waals surface area (Å²) < 4.78 is 0. The molecule has 0 aromatic heterocycles. The van der Waals surface area contributed by atoms with Crippen LogP contribution in [0.3, 0.4) is 0 Å². The molecule has 3 heteroatoms. The molecular formula is C28H25O2P. The lowest BCUT2D eigenvalue weighted by Crippen LogP contribution is -2.37. The molecule has 31 heavy (non-hydrogen) atoms. The van der Waals surface area contributed by atoms with Crippen molar-refractivity contribution in [2.24, 2.45) is 0 Å². The molecule has 3 aromatic rings. The Morgan fingerprint density at radius 2 is 1.45 bits per heavy atom. The molecule has 2 aliphatic heterocycles. The Hall–Kier alpha value is -2.96. The maximum Gasteiger partial charge on any atom is 0.197 e. The minimum atomic E-state index is -1.00. The number of ketones is 1. The minimum Gasteiger partial charge on any atom is -0.507 e. The van der Waals surface area contributed by atoms with Gasteiger partial charge >= 0.3 is 0 Å². The summed E-state index contributed by atoms with van der Waals surface area (Å²) in [6.07, 6.45) is 1.69. The van der Waals surface area contributed by atoms with Crippen LogP contribution < -0.4 is 0 Å². The van der Waals surface area contributed by atoms with Crippen molar-refractivity contribution in [2.45, 2.75) is 25.4 Å². The van der Waals surface area contributed by atoms with Gasteiger partial charge in [-0.1, -0.05) is 96.1 Å². The average Bonchev–Trinajstić information content (AvgIpc) is 2.82. The molecular weight excluding hydrogens is 399 g/mol. The maximum absolute atomic E-state index is 13.8. The lowest BCUT2D eigenvalue weighted by atomic mass is 9.80. The van der Waals surface area contributed by atoms with E-state index in [1.807, 2.05) is 54.6 Å². The topological polar surface area (TPSA) is 37.3 Å². The van der Waals surface area contributed by atoms with Crippen LogP contribution in [0.2, 0.25) is 0 Å². The van der Waals surface area contributed by atoms with Gasteiger partial charge in [-0.25, -0.2) is 0 Å². The van der Waals surface area contributed by atoms with Crippen molar-refractivity contribution in [1.82, 2.24) is 0 Å². The number of aliphatic hydroxyl groups excluding tert-OH is 1. The third-order valence-corrected chi connectivity index (χ3v) is 10.1. The summed E-state index contributed by atoms with van der Waals surface area (Å²) in [5.74, 6) is 0.112. The fraction of sp³-hybridized carbons (Fsp3) is 0.179. The molecule has 0 aliphatic carbocycles. The Morgan fingerprint density at radius 3 is 2.16 bits per heavy atom. The van der Waals surface area contributed by atoms with Crippen LogP contribution in [-0.4, -0.2) is 17.1 Å². The van der Waals surface area contributed by atoms with Crippen molar-refractivity contribution in [3.63, 3.8) is 0 Å². The highest BCUT2D eigenvalue weighted by Gasteiger charge is 2.53. The first kappa shape index (κ1) is 20.0. The molecule has 2 aliphatic rings. The van der Waals surface area contributed by atoms with E-state index >= 15 is 0 Å². The molecule has 2 unspecified atom stereocenters. The summed E-state index contributed by atoms with van der Waals surface area (Å²) >= 11 is 0. The summed E-state index contributed by atoms with van der Waals surface area (Å²) in [4.78, 5) is 13.8. The van der Waals surface area contributed by atoms with E-state index in [0.29, 0.717) is 10.9 Å². The number of allylic oxidation sites excluding steroid dienone is 3. The second-order valence-electron chi connectivity index (χ2n) is 8.49. The van der Waals surface area contributed by atoms with Gasteiger partial charge in [-0.05, 0) is 45.5 Å². The molecule has 2 heterocycles. The molecule has 0 spiro atoms. The first-order chi connectivity index (χ1) is 15.0. The molecule has 0 bridgehead atoms. The Labute approximate surface area is 184 Å². The first-order valence-electron chi connectivity index (χ1n) is 10.7. The highest BCUT2D eigenvalue weighted by molar-refractivity contribution is 7.65. The number of aliphatic hydroxyl groups is 1. The number of carbonyl (C=O) groups excluding carboxylic acids is 1. The zero-order chi connectivity index (χ0) is 21.6. The Kier molecular flexibility index (Phi) is 4.91. The van der Waals surface area contributed by atoms with E-state index in [2.05, 4.69) is 44.2 Å². The van der Waals surface area contributed by atoms with Crippen LogP contribution in [0, 0.1) is 0 Å². The molecule has 0 amide bonds. The molecule has 3 aromatic carbocycles. The highest BCUT2D eigenvalue weighted by Crippen LogP contribution is 2.73. The van der Waals surface area contributed by atoms with Gasteiger partial charge in [0.05, 0.1) is 5.31 Å². The lowest BCUT2D eigenvalue weighted by Gasteiger charge is -2.50. The summed E-state index contributed by atoms with van der Waals surface area (Å²) in [6, 6.07) is 28.1. The monoisotopic (exact) mass is 424 g/mol. The number of rotatable bonds is 2. The Morgan fingerprint density at radius 1 is 0.839 bits per heavy atom. The second kappa shape index (κ2) is 7.62. The Bertz CT molecular complexity index is 1220. The van der Waals surface area contributed by atoms with Gasteiger partial charge in [0.15, 0.2) is 5.78 Å². The molecule has 5 rings (SSSR count). The summed E-state index contributed by atoms with van der Waals surface area (Å²) in [5.41, 5.74) is 6.47. The molecule has 154 valence electrons. The van der Waals surface area contributed by atoms with E-state index < -0.39 is 7.92 Å². The fourth-order valence-corrected chi connectivity index (χ4v) is 8.71. The van der Waals surface area contributed by atoms with Gasteiger partial charge in [0.2, 0.25) is 0 Å². The van der Waals surface area contributed by atoms with Gasteiger partial charge in [-0.15, -0.1) is 0 Å². The zero-order valence-electron chi connectivity index (χ0n) is 17.8. The van der Waals surface area contributed by atoms with Crippen molar-refractivity contribution >= 4 is 19.5 Å². The number of Topliss-reactive ketones (excluding diaryl/α,β-unsaturated/α-hetero) is 1. The van der Waals surface area contributed by atoms with Gasteiger partial charge in [0, 0.05) is 16.3 Å². The summed E-state index contributed by atoms with van der Waals surface area (Å²) in [5, 5.41) is 11.7. The van der Waals surface area contributed by atoms with E-state index in [9.17, 15) is 9.90 Å². The van der Waals surface area contributed by atoms with Crippen LogP contribution in [0.1, 0.15) is 47.3 Å². The van der Waals surface area contributed by atoms with Crippen molar-refractivity contribution in [1.29, 1.82) is 0 Å². The van der Waals surface area contributed by atoms with E-state index in [1.165, 1.54) is 16.7 Å². The summed E-state index contributed by atoms with van der Waals surface area (Å²) in [6.45, 7) is 4.39. The van der Waals surface area contributed by atoms with Gasteiger partial charge in [0.25, 0.3) is 0 Å². The van der Waals surface area contributed by atoms with Crippen molar-refractivity contribution in [3.8, 4) is 0 Å². The minimum absolute atomic E-state index is 0.0260. The smallest absolute Gasteiger partial charge is 0.197 e. The lowest BCUT2D eigenvalue weighted by molar-refractivity contribution is 0.103. The number of benzene rings is 3. The van der Waals surface area contributed by atoms with Crippen LogP contribution in [0.4, 0.5) is 0 Å². The largest absolute Gasteiger partial charge is 0.507 e. The van der Waals surface area contributed by atoms with Crippen molar-refractivity contribution in [2.75, 3.05) is 6.16 Å². The number of hydrogen-bond donors (Lipinski definition) is 1. The van der Waals surface area contributed by atoms with Crippen LogP contribution in [0.5, 0.6) is 0 Å². The normalized spacial score (nSPS) is 24.5. The predicted molar refractivity (Wildman–Crippen MR) is 129 cm³/mol. The summed E-state index contributed by atoms with van der Waals surface area (Å²) in [7, 11) is -1.00. The van der Waals surface area contributed by atoms with Crippen molar-refractivity contribution in [3.05, 3.63) is 124 Å². The van der Waals surface area contributed by atoms with Crippen molar-refractivity contribution < 1.29 is 9.90 Å². The van der Waals surface area contributed by atoms with Gasteiger partial charge < -0.3 is 5.11 Å². The average molecular weight is 424 g/mol. The van der Waals surface area contributed by atoms with Gasteiger partial charge in [-0.3, -0.25) is 4.79 Å². The highest BCUT2D eigenvalue weighted by atomic mass is 31.1. The van der Waals surface area contributed by atoms with Gasteiger partial charge in [-0.2, -0.15) is 0 Å². The second-order valence-corrected chi connectivity index (χ2v) is 10.9. The number of fused-ring (bicyclic) bond motifs is 3. The Balaban J connectivity index is 1.89. The van der Waals surface area contributed by atoms with E-state index in [4.69, 9.17) is 0 Å². The number of hydrogen-bond acceptors (Lipinski definition) is 2. The van der Waals surface area contributed by atoms with E-state index in [-0.39, 0.29) is 16.7 Å². The van der Waals surface area contributed by atoms with Crippen LogP contribution in [-0.2, 0) is 5.16 Å². The van der Waals surface area contributed by atoms with Crippen LogP contribution >= 0.6 is 7.92 Å². The van der Waals surface area contributed by atoms with E-state index in [1.54, 1.807) is 0 Å². The molecule has 0 saturated carbocycles. The SMILES string of the molecule is CC1=C(C)CC2(c3ccccc3)c3ccccc3C(=O)/C(=C(\O)c3ccccc3)P2C1. The fourth-order valence-electron chi connectivity index (χ4n) is 5.03. The van der Waals surface area contributed by atoms with Gasteiger partial charge in [0.1, 0.15) is 5.76 Å². The first-order valence-corrected chi connectivity index (χ1v) is 12.2.